The van der Waals surface area contributed by atoms with Gasteiger partial charge >= 0.3 is 6.09 Å². The van der Waals surface area contributed by atoms with Gasteiger partial charge in [0, 0.05) is 48.3 Å². The highest BCUT2D eigenvalue weighted by Gasteiger charge is 2.29. The summed E-state index contributed by atoms with van der Waals surface area (Å²) in [6.45, 7) is 1.50. The first kappa shape index (κ1) is 23.3. The first-order valence-electron chi connectivity index (χ1n) is 12.1. The van der Waals surface area contributed by atoms with E-state index < -0.39 is 0 Å². The summed E-state index contributed by atoms with van der Waals surface area (Å²) in [5, 5.41) is 1.24. The van der Waals surface area contributed by atoms with Crippen molar-refractivity contribution in [2.45, 2.75) is 57.6 Å². The molecular formula is C27H29Cl2N3O2. The van der Waals surface area contributed by atoms with E-state index in [2.05, 4.69) is 4.57 Å². The molecule has 1 fully saturated rings. The number of rotatable bonds is 4. The van der Waals surface area contributed by atoms with Crippen LogP contribution in [-0.4, -0.2) is 33.6 Å². The molecule has 34 heavy (non-hydrogen) atoms. The average Bonchev–Trinajstić information content (AvgIpc) is 3.08. The summed E-state index contributed by atoms with van der Waals surface area (Å²) in [6, 6.07) is 15.8. The van der Waals surface area contributed by atoms with Crippen molar-refractivity contribution >= 4 is 29.3 Å². The minimum absolute atomic E-state index is 0.265. The van der Waals surface area contributed by atoms with Crippen molar-refractivity contribution in [2.75, 3.05) is 13.1 Å². The minimum atomic E-state index is -0.265. The number of hydrogen-bond acceptors (Lipinski definition) is 3. The van der Waals surface area contributed by atoms with Gasteiger partial charge in [0.1, 0.15) is 12.4 Å². The minimum Gasteiger partial charge on any atom is -0.445 e. The molecule has 5 nitrogen and oxygen atoms in total. The number of fused-ring (bicyclic) bond motifs is 1. The van der Waals surface area contributed by atoms with Crippen molar-refractivity contribution in [1.82, 2.24) is 14.5 Å². The Balaban J connectivity index is 1.39. The van der Waals surface area contributed by atoms with E-state index in [-0.39, 0.29) is 12.7 Å². The third-order valence-electron chi connectivity index (χ3n) is 6.91. The lowest BCUT2D eigenvalue weighted by atomic mass is 9.94. The maximum absolute atomic E-state index is 12.8. The molecule has 0 N–H and O–H groups in total. The fourth-order valence-electron chi connectivity index (χ4n) is 5.16. The Morgan fingerprint density at radius 2 is 1.76 bits per heavy atom. The van der Waals surface area contributed by atoms with Crippen LogP contribution in [0.15, 0.2) is 48.5 Å². The molecule has 7 heteroatoms. The highest BCUT2D eigenvalue weighted by molar-refractivity contribution is 6.36. The number of imidazole rings is 1. The van der Waals surface area contributed by atoms with E-state index in [4.69, 9.17) is 32.9 Å². The van der Waals surface area contributed by atoms with Crippen LogP contribution in [0.3, 0.4) is 0 Å². The highest BCUT2D eigenvalue weighted by Crippen LogP contribution is 2.38. The molecule has 1 aliphatic carbocycles. The van der Waals surface area contributed by atoms with Gasteiger partial charge in [-0.25, -0.2) is 9.78 Å². The van der Waals surface area contributed by atoms with Gasteiger partial charge in [-0.1, -0.05) is 72.8 Å². The summed E-state index contributed by atoms with van der Waals surface area (Å²) in [5.41, 5.74) is 4.20. The van der Waals surface area contributed by atoms with Crippen molar-refractivity contribution in [3.8, 4) is 11.4 Å². The molecule has 2 heterocycles. The number of ether oxygens (including phenoxy) is 1. The lowest BCUT2D eigenvalue weighted by Gasteiger charge is -2.27. The van der Waals surface area contributed by atoms with E-state index in [9.17, 15) is 4.79 Å². The Bertz CT molecular complexity index is 1160. The lowest BCUT2D eigenvalue weighted by molar-refractivity contribution is 0.0975. The highest BCUT2D eigenvalue weighted by atomic mass is 35.5. The molecule has 2 aromatic carbocycles. The van der Waals surface area contributed by atoms with Crippen LogP contribution in [0.4, 0.5) is 4.79 Å². The molecule has 0 atom stereocenters. The summed E-state index contributed by atoms with van der Waals surface area (Å²) >= 11 is 12.8. The Morgan fingerprint density at radius 3 is 2.53 bits per heavy atom. The largest absolute Gasteiger partial charge is 0.445 e. The second-order valence-corrected chi connectivity index (χ2v) is 9.99. The Morgan fingerprint density at radius 1 is 1.00 bits per heavy atom. The van der Waals surface area contributed by atoms with Crippen LogP contribution in [0.25, 0.3) is 11.4 Å². The van der Waals surface area contributed by atoms with Crippen LogP contribution in [-0.2, 0) is 24.2 Å². The zero-order valence-corrected chi connectivity index (χ0v) is 20.7. The molecule has 0 spiro atoms. The van der Waals surface area contributed by atoms with E-state index in [1.165, 1.54) is 25.0 Å². The van der Waals surface area contributed by atoms with E-state index in [0.717, 1.165) is 41.9 Å². The quantitative estimate of drug-likeness (QED) is 0.386. The zero-order valence-electron chi connectivity index (χ0n) is 19.2. The van der Waals surface area contributed by atoms with Crippen LogP contribution in [0.1, 0.15) is 55.1 Å². The average molecular weight is 498 g/mol. The summed E-state index contributed by atoms with van der Waals surface area (Å²) < 4.78 is 8.01. The topological polar surface area (TPSA) is 47.4 Å². The normalized spacial score (nSPS) is 16.7. The molecule has 1 amide bonds. The van der Waals surface area contributed by atoms with Crippen LogP contribution < -0.4 is 0 Å². The van der Waals surface area contributed by atoms with Gasteiger partial charge in [-0.05, 0) is 36.6 Å². The van der Waals surface area contributed by atoms with Gasteiger partial charge < -0.3 is 14.2 Å². The van der Waals surface area contributed by atoms with Crippen molar-refractivity contribution in [3.05, 3.63) is 75.5 Å². The molecule has 0 radical (unpaired) electrons. The smallest absolute Gasteiger partial charge is 0.410 e. The van der Waals surface area contributed by atoms with Crippen LogP contribution in [0.2, 0.25) is 10.0 Å². The Kier molecular flexibility index (Phi) is 7.12. The fraction of sp³-hybridized carbons (Fsp3) is 0.407. The molecule has 0 bridgehead atoms. The first-order chi connectivity index (χ1) is 16.6. The monoisotopic (exact) mass is 497 g/mol. The van der Waals surface area contributed by atoms with E-state index in [0.29, 0.717) is 35.6 Å². The van der Waals surface area contributed by atoms with Gasteiger partial charge in [0.25, 0.3) is 0 Å². The molecule has 0 unspecified atom stereocenters. The number of amides is 1. The van der Waals surface area contributed by atoms with Gasteiger partial charge in [0.05, 0.1) is 10.7 Å². The third-order valence-corrected chi connectivity index (χ3v) is 7.45. The number of benzene rings is 2. The molecule has 1 aliphatic heterocycles. The van der Waals surface area contributed by atoms with Gasteiger partial charge in [-0.3, -0.25) is 0 Å². The number of aromatic nitrogens is 2. The standard InChI is InChI=1S/C27H29Cl2N3O2/c28-20-11-12-22(23(29)17-20)26-30-24-13-15-31(27(33)34-18-19-7-3-1-4-8-19)16-14-25(24)32(26)21-9-5-2-6-10-21/h1,3-4,7-8,11-12,17,21H,2,5-6,9-10,13-16,18H2. The fourth-order valence-corrected chi connectivity index (χ4v) is 5.65. The molecule has 2 aliphatic rings. The summed E-state index contributed by atoms with van der Waals surface area (Å²) in [6.07, 6.45) is 7.21. The molecule has 0 saturated heterocycles. The number of halogens is 2. The SMILES string of the molecule is O=C(OCc1ccccc1)N1CCc2nc(-c3ccc(Cl)cc3Cl)n(C3CCCCC3)c2CC1. The summed E-state index contributed by atoms with van der Waals surface area (Å²) in [4.78, 5) is 19.7. The third kappa shape index (κ3) is 4.96. The molecule has 178 valence electrons. The maximum Gasteiger partial charge on any atom is 0.410 e. The molecular weight excluding hydrogens is 469 g/mol. The lowest BCUT2D eigenvalue weighted by Crippen LogP contribution is -2.34. The molecule has 1 saturated carbocycles. The van der Waals surface area contributed by atoms with E-state index in [1.807, 2.05) is 47.4 Å². The first-order valence-corrected chi connectivity index (χ1v) is 12.9. The summed E-state index contributed by atoms with van der Waals surface area (Å²) in [7, 11) is 0. The number of nitrogens with zero attached hydrogens (tertiary/aromatic N) is 3. The Labute approximate surface area is 210 Å². The van der Waals surface area contributed by atoms with Gasteiger partial charge in [0.15, 0.2) is 0 Å². The number of carbonyl (C=O) groups is 1. The van der Waals surface area contributed by atoms with Crippen LogP contribution in [0, 0.1) is 0 Å². The van der Waals surface area contributed by atoms with Crippen molar-refractivity contribution in [1.29, 1.82) is 0 Å². The van der Waals surface area contributed by atoms with Gasteiger partial charge in [-0.2, -0.15) is 0 Å². The van der Waals surface area contributed by atoms with Gasteiger partial charge in [0.2, 0.25) is 0 Å². The van der Waals surface area contributed by atoms with E-state index >= 15 is 0 Å². The summed E-state index contributed by atoms with van der Waals surface area (Å²) in [5.74, 6) is 0.929. The van der Waals surface area contributed by atoms with Crippen molar-refractivity contribution < 1.29 is 9.53 Å². The number of hydrogen-bond donors (Lipinski definition) is 0. The maximum atomic E-state index is 12.8. The second kappa shape index (κ2) is 10.4. The zero-order chi connectivity index (χ0) is 23.5. The molecule has 3 aromatic rings. The molecule has 5 rings (SSSR count). The number of carbonyl (C=O) groups excluding carboxylic acids is 1. The van der Waals surface area contributed by atoms with E-state index in [1.54, 1.807) is 6.07 Å². The van der Waals surface area contributed by atoms with Crippen molar-refractivity contribution in [2.24, 2.45) is 0 Å². The predicted molar refractivity (Wildman–Crippen MR) is 135 cm³/mol. The van der Waals surface area contributed by atoms with Crippen LogP contribution >= 0.6 is 23.2 Å². The molecule has 1 aromatic heterocycles. The van der Waals surface area contributed by atoms with Crippen molar-refractivity contribution in [3.63, 3.8) is 0 Å². The Hall–Kier alpha value is -2.50. The predicted octanol–water partition coefficient (Wildman–Crippen LogP) is 7.10. The van der Waals surface area contributed by atoms with Gasteiger partial charge in [-0.15, -0.1) is 0 Å². The second-order valence-electron chi connectivity index (χ2n) is 9.14. The van der Waals surface area contributed by atoms with Crippen LogP contribution in [0.5, 0.6) is 0 Å².